The van der Waals surface area contributed by atoms with E-state index in [2.05, 4.69) is 66.7 Å². The molecule has 0 amide bonds. The molecule has 270 valence electrons. The highest BCUT2D eigenvalue weighted by atomic mass is 16.3. The third-order valence-corrected chi connectivity index (χ3v) is 12.5. The van der Waals surface area contributed by atoms with Gasteiger partial charge in [-0.1, -0.05) is 131 Å². The van der Waals surface area contributed by atoms with E-state index >= 15 is 0 Å². The molecule has 0 aliphatic rings. The first-order valence-electron chi connectivity index (χ1n) is 20.3. The minimum absolute atomic E-state index is 0.0908. The third kappa shape index (κ3) is 5.92. The average Bonchev–Trinajstić information content (AvgIpc) is 3.93. The van der Waals surface area contributed by atoms with Crippen molar-refractivity contribution in [3.8, 4) is 55.8 Å². The second-order valence-corrected chi connectivity index (χ2v) is 15.9. The third-order valence-electron chi connectivity index (χ3n) is 12.5. The van der Waals surface area contributed by atoms with Crippen LogP contribution in [0.15, 0.2) is 148 Å². The fourth-order valence-electron chi connectivity index (χ4n) is 9.31. The van der Waals surface area contributed by atoms with Gasteiger partial charge in [-0.05, 0) is 96.4 Å². The van der Waals surface area contributed by atoms with Gasteiger partial charge in [0.25, 0.3) is 0 Å². The zero-order valence-corrected chi connectivity index (χ0v) is 33.8. The molecule has 0 atom stereocenters. The van der Waals surface area contributed by atoms with Gasteiger partial charge in [-0.25, -0.2) is 0 Å². The van der Waals surface area contributed by atoms with Crippen molar-refractivity contribution in [1.82, 2.24) is 0 Å². The molecule has 0 aliphatic carbocycles. The number of fused-ring (bicyclic) bond motifs is 6. The van der Waals surface area contributed by atoms with E-state index in [0.717, 1.165) is 77.2 Å². The summed E-state index contributed by atoms with van der Waals surface area (Å²) in [5.41, 5.74) is 11.2. The molecule has 11 heteroatoms. The van der Waals surface area contributed by atoms with Crippen LogP contribution in [0.3, 0.4) is 0 Å². The van der Waals surface area contributed by atoms with Gasteiger partial charge in [-0.15, -0.1) is 27.3 Å². The number of benzene rings is 9. The van der Waals surface area contributed by atoms with Crippen LogP contribution in [0.4, 0.5) is 0 Å². The van der Waals surface area contributed by atoms with Gasteiger partial charge in [0, 0.05) is 21.7 Å². The zero-order chi connectivity index (χ0) is 43.4. The van der Waals surface area contributed by atoms with Crippen molar-refractivity contribution in [3.05, 3.63) is 140 Å². The van der Waals surface area contributed by atoms with E-state index in [9.17, 15) is 0 Å². The molecule has 0 spiro atoms. The van der Waals surface area contributed by atoms with E-state index in [1.54, 1.807) is 0 Å². The average molecular weight is 777 g/mol. The van der Waals surface area contributed by atoms with E-state index < -0.39 is 0 Å². The van der Waals surface area contributed by atoms with Crippen LogP contribution in [-0.2, 0) is 0 Å². The molecule has 0 saturated carbocycles. The van der Waals surface area contributed by atoms with Crippen molar-refractivity contribution in [2.45, 2.75) is 0 Å². The molecular formula is C52H23B9O2. The summed E-state index contributed by atoms with van der Waals surface area (Å²) in [5, 5.41) is 5.34. The molecule has 2 heterocycles. The predicted molar refractivity (Wildman–Crippen MR) is 274 cm³/mol. The first-order chi connectivity index (χ1) is 30.5. The zero-order valence-electron chi connectivity index (χ0n) is 33.8. The topological polar surface area (TPSA) is 26.3 Å². The molecule has 0 bridgehead atoms. The normalized spacial score (nSPS) is 11.7. The van der Waals surface area contributed by atoms with Gasteiger partial charge in [0.1, 0.15) is 93.1 Å². The molecular weight excluding hydrogens is 754 g/mol. The summed E-state index contributed by atoms with van der Waals surface area (Å²) in [4.78, 5) is 0. The molecule has 0 fully saturated rings. The lowest BCUT2D eigenvalue weighted by Crippen LogP contribution is -2.55. The number of furan rings is 2. The Labute approximate surface area is 376 Å². The Balaban J connectivity index is 1.12. The van der Waals surface area contributed by atoms with Crippen molar-refractivity contribution in [3.63, 3.8) is 0 Å². The minimum atomic E-state index is 0.0908. The Hall–Kier alpha value is -6.58. The molecule has 0 N–H and O–H groups in total. The first-order valence-corrected chi connectivity index (χ1v) is 20.3. The Morgan fingerprint density at radius 3 is 1.48 bits per heavy atom. The van der Waals surface area contributed by atoms with E-state index in [1.165, 1.54) is 0 Å². The maximum absolute atomic E-state index is 7.03. The van der Waals surface area contributed by atoms with Crippen molar-refractivity contribution in [1.29, 1.82) is 0 Å². The smallest absolute Gasteiger partial charge is 0.136 e. The number of rotatable bonds is 5. The summed E-state index contributed by atoms with van der Waals surface area (Å²) >= 11 is 0. The second kappa shape index (κ2) is 14.8. The summed E-state index contributed by atoms with van der Waals surface area (Å²) in [6, 6.07) is 47.0. The largest absolute Gasteiger partial charge is 0.456 e. The molecule has 2 nitrogen and oxygen atoms in total. The fraction of sp³-hybridized carbons (Fsp3) is 0. The van der Waals surface area contributed by atoms with E-state index in [-0.39, 0.29) is 49.2 Å². The summed E-state index contributed by atoms with van der Waals surface area (Å²) in [5.74, 6) is 0.785. The molecule has 11 aromatic rings. The van der Waals surface area contributed by atoms with Gasteiger partial charge >= 0.3 is 0 Å². The molecule has 0 aliphatic heterocycles. The molecule has 9 aromatic carbocycles. The lowest BCUT2D eigenvalue weighted by atomic mass is 9.58. The Bertz CT molecular complexity index is 3690. The van der Waals surface area contributed by atoms with Crippen LogP contribution < -0.4 is 49.2 Å². The monoisotopic (exact) mass is 778 g/mol. The van der Waals surface area contributed by atoms with Crippen LogP contribution >= 0.6 is 0 Å². The highest BCUT2D eigenvalue weighted by Crippen LogP contribution is 2.46. The Morgan fingerprint density at radius 2 is 0.794 bits per heavy atom. The number of hydrogen-bond donors (Lipinski definition) is 0. The lowest BCUT2D eigenvalue weighted by molar-refractivity contribution is 0.631. The molecule has 11 rings (SSSR count). The van der Waals surface area contributed by atoms with Crippen molar-refractivity contribution in [2.75, 3.05) is 0 Å². The Morgan fingerprint density at radius 1 is 0.270 bits per heavy atom. The van der Waals surface area contributed by atoms with Crippen LogP contribution in [0.1, 0.15) is 0 Å². The summed E-state index contributed by atoms with van der Waals surface area (Å²) in [6.07, 6.45) is 0. The Kier molecular flexibility index (Phi) is 9.21. The number of hydrogen-bond acceptors (Lipinski definition) is 2. The van der Waals surface area contributed by atoms with E-state index in [1.807, 2.05) is 72.8 Å². The van der Waals surface area contributed by atoms with E-state index in [4.69, 9.17) is 79.5 Å². The van der Waals surface area contributed by atoms with Crippen LogP contribution in [-0.4, -0.2) is 70.6 Å². The lowest BCUT2D eigenvalue weighted by Gasteiger charge is -2.28. The molecule has 63 heavy (non-hydrogen) atoms. The van der Waals surface area contributed by atoms with Crippen molar-refractivity contribution >= 4 is 174 Å². The summed E-state index contributed by atoms with van der Waals surface area (Å²) < 4.78 is 13.1. The first kappa shape index (κ1) is 39.3. The van der Waals surface area contributed by atoms with Crippen LogP contribution in [0, 0.1) is 0 Å². The molecule has 2 aromatic heterocycles. The van der Waals surface area contributed by atoms with Gasteiger partial charge < -0.3 is 8.83 Å². The summed E-state index contributed by atoms with van der Waals surface area (Å²) in [6.45, 7) is 0. The molecule has 0 saturated heterocycles. The van der Waals surface area contributed by atoms with Crippen molar-refractivity contribution < 1.29 is 8.83 Å². The van der Waals surface area contributed by atoms with Crippen LogP contribution in [0.2, 0.25) is 0 Å². The standard InChI is InChI=1S/C52H23B9O2/c53-44-41-39(29-10-4-5-11-30(29)40(42(41)45(54)49(58)48(44)57)43-46(55)50(59)52(61)51(60)47(43)56)32-13-7-15-35-38(32)31-21-20-27(22-37(31)63-35)28-12-6-14-34-33(28)23-36(62-34)26-18-16-25(17-19-26)24-8-2-1-3-9-24/h1-23H. The van der Waals surface area contributed by atoms with Crippen LogP contribution in [0.25, 0.3) is 110 Å². The van der Waals surface area contributed by atoms with Gasteiger partial charge in [0.05, 0.1) is 0 Å². The SMILES string of the molecule is [B]c1c([B])c([B])c(-c2c3ccccc3c(-c3cccc4oc5cc(-c6cccc7oc(-c8ccc(-c9ccccc9)cc8)cc67)ccc5c34)c3c([B])c([B])c([B])c([B])c23)c([B])c1[B]. The highest BCUT2D eigenvalue weighted by molar-refractivity contribution is 6.71. The quantitative estimate of drug-likeness (QED) is 0.195. The predicted octanol–water partition coefficient (Wildman–Crippen LogP) is 4.12. The summed E-state index contributed by atoms with van der Waals surface area (Å²) in [7, 11) is 59.9. The maximum Gasteiger partial charge on any atom is 0.136 e. The van der Waals surface area contributed by atoms with Gasteiger partial charge in [0.2, 0.25) is 0 Å². The maximum atomic E-state index is 7.03. The molecule has 18 radical (unpaired) electrons. The minimum Gasteiger partial charge on any atom is -0.456 e. The van der Waals surface area contributed by atoms with Gasteiger partial charge in [-0.2, -0.15) is 0 Å². The fourth-order valence-corrected chi connectivity index (χ4v) is 9.31. The van der Waals surface area contributed by atoms with Gasteiger partial charge in [-0.3, -0.25) is 0 Å². The van der Waals surface area contributed by atoms with Crippen LogP contribution in [0.5, 0.6) is 0 Å². The van der Waals surface area contributed by atoms with Gasteiger partial charge in [0.15, 0.2) is 0 Å². The highest BCUT2D eigenvalue weighted by Gasteiger charge is 2.26. The van der Waals surface area contributed by atoms with E-state index in [0.29, 0.717) is 33.1 Å². The van der Waals surface area contributed by atoms with Crippen molar-refractivity contribution in [2.24, 2.45) is 0 Å². The second-order valence-electron chi connectivity index (χ2n) is 15.9. The molecule has 0 unspecified atom stereocenters.